The van der Waals surface area contributed by atoms with Crippen LogP contribution in [0.2, 0.25) is 0 Å². The molecule has 0 aliphatic carbocycles. The third kappa shape index (κ3) is 3.46. The number of amides is 1. The first kappa shape index (κ1) is 18.1. The molecule has 2 heterocycles. The van der Waals surface area contributed by atoms with Crippen LogP contribution in [0.1, 0.15) is 18.0 Å². The third-order valence-corrected chi connectivity index (χ3v) is 5.25. The van der Waals surface area contributed by atoms with Gasteiger partial charge in [-0.1, -0.05) is 30.0 Å². The fourth-order valence-corrected chi connectivity index (χ4v) is 3.82. The molecular formula is C18H14FN5O3S. The van der Waals surface area contributed by atoms with E-state index in [1.165, 1.54) is 11.8 Å². The van der Waals surface area contributed by atoms with Gasteiger partial charge in [-0.3, -0.25) is 14.9 Å². The van der Waals surface area contributed by atoms with E-state index in [9.17, 15) is 19.3 Å². The van der Waals surface area contributed by atoms with Gasteiger partial charge in [0.05, 0.1) is 28.1 Å². The molecule has 28 heavy (non-hydrogen) atoms. The van der Waals surface area contributed by atoms with Crippen LogP contribution in [-0.2, 0) is 4.79 Å². The van der Waals surface area contributed by atoms with Crippen LogP contribution in [0.15, 0.2) is 52.6 Å². The van der Waals surface area contributed by atoms with Gasteiger partial charge in [-0.05, 0) is 12.1 Å². The maximum atomic E-state index is 13.8. The summed E-state index contributed by atoms with van der Waals surface area (Å²) in [6, 6.07) is 10.8. The van der Waals surface area contributed by atoms with Crippen LogP contribution >= 0.6 is 11.8 Å². The highest BCUT2D eigenvalue weighted by atomic mass is 32.2. The summed E-state index contributed by atoms with van der Waals surface area (Å²) in [5.74, 6) is -1.27. The van der Waals surface area contributed by atoms with Gasteiger partial charge >= 0.3 is 0 Å². The van der Waals surface area contributed by atoms with Crippen LogP contribution in [0, 0.1) is 15.9 Å². The Hall–Kier alpha value is -3.27. The molecule has 2 aliphatic heterocycles. The predicted octanol–water partition coefficient (Wildman–Crippen LogP) is 3.84. The number of hydrazone groups is 1. The number of nitro groups is 1. The Morgan fingerprint density at radius 1 is 1.36 bits per heavy atom. The van der Waals surface area contributed by atoms with E-state index in [-0.39, 0.29) is 23.2 Å². The molecule has 1 atom stereocenters. The summed E-state index contributed by atoms with van der Waals surface area (Å²) in [6.45, 7) is 0. The molecule has 0 bridgehead atoms. The van der Waals surface area contributed by atoms with Crippen LogP contribution in [0.4, 0.5) is 21.5 Å². The number of carbonyl (C=O) groups excluding carboxylic acids is 1. The lowest BCUT2D eigenvalue weighted by Gasteiger charge is -2.29. The number of halogens is 1. The Morgan fingerprint density at radius 3 is 3.00 bits per heavy atom. The van der Waals surface area contributed by atoms with Gasteiger partial charge in [0.2, 0.25) is 5.91 Å². The molecule has 1 amide bonds. The van der Waals surface area contributed by atoms with Crippen molar-refractivity contribution in [2.24, 2.45) is 10.1 Å². The highest BCUT2D eigenvalue weighted by Gasteiger charge is 2.32. The minimum atomic E-state index is -0.739. The number of hydrogen-bond donors (Lipinski definition) is 1. The molecule has 0 spiro atoms. The molecule has 10 heteroatoms. The average Bonchev–Trinajstić information content (AvgIpc) is 3.18. The first-order valence-electron chi connectivity index (χ1n) is 8.39. The number of nitrogens with zero attached hydrogens (tertiary/aromatic N) is 4. The van der Waals surface area contributed by atoms with E-state index in [1.54, 1.807) is 11.2 Å². The summed E-state index contributed by atoms with van der Waals surface area (Å²) in [4.78, 5) is 27.0. The van der Waals surface area contributed by atoms with Crippen molar-refractivity contribution in [1.82, 2.24) is 5.01 Å². The predicted molar refractivity (Wildman–Crippen MR) is 105 cm³/mol. The molecule has 0 fully saturated rings. The molecule has 2 aromatic rings. The highest BCUT2D eigenvalue weighted by molar-refractivity contribution is 8.14. The summed E-state index contributed by atoms with van der Waals surface area (Å²) < 4.78 is 13.8. The number of aliphatic imine (C=N–C) groups is 1. The van der Waals surface area contributed by atoms with Crippen molar-refractivity contribution in [3.63, 3.8) is 0 Å². The molecule has 142 valence electrons. The number of nitro benzene ring substituents is 1. The van der Waals surface area contributed by atoms with E-state index < -0.39 is 16.6 Å². The Balaban J connectivity index is 1.47. The molecule has 0 radical (unpaired) electrons. The van der Waals surface area contributed by atoms with E-state index in [1.807, 2.05) is 24.3 Å². The fourth-order valence-electron chi connectivity index (χ4n) is 3.02. The van der Waals surface area contributed by atoms with Gasteiger partial charge < -0.3 is 5.32 Å². The van der Waals surface area contributed by atoms with E-state index in [4.69, 9.17) is 0 Å². The first-order valence-corrected chi connectivity index (χ1v) is 9.37. The van der Waals surface area contributed by atoms with Crippen molar-refractivity contribution in [2.45, 2.75) is 12.5 Å². The Labute approximate surface area is 163 Å². The molecule has 2 aromatic carbocycles. The number of hydrogen-bond acceptors (Lipinski definition) is 7. The zero-order valence-corrected chi connectivity index (χ0v) is 15.2. The largest absolute Gasteiger partial charge is 0.323 e. The monoisotopic (exact) mass is 399 g/mol. The van der Waals surface area contributed by atoms with Gasteiger partial charge in [-0.25, -0.2) is 14.4 Å². The average molecular weight is 399 g/mol. The number of thioether (sulfide) groups is 1. The molecule has 0 saturated heterocycles. The number of amidine groups is 1. The Kier molecular flexibility index (Phi) is 4.78. The second-order valence-corrected chi connectivity index (χ2v) is 7.05. The van der Waals surface area contributed by atoms with Gasteiger partial charge in [0, 0.05) is 30.3 Å². The highest BCUT2D eigenvalue weighted by Crippen LogP contribution is 2.40. The molecule has 4 rings (SSSR count). The normalized spacial score (nSPS) is 17.0. The van der Waals surface area contributed by atoms with Crippen LogP contribution < -0.4 is 5.32 Å². The number of nitrogens with one attached hydrogen (secondary N) is 1. The summed E-state index contributed by atoms with van der Waals surface area (Å²) in [6.07, 6.45) is 2.56. The number of carbonyl (C=O) groups is 1. The maximum Gasteiger partial charge on any atom is 0.271 e. The van der Waals surface area contributed by atoms with Crippen LogP contribution in [0.25, 0.3) is 0 Å². The number of benzene rings is 2. The molecule has 0 saturated carbocycles. The minimum absolute atomic E-state index is 0.0398. The molecule has 0 unspecified atom stereocenters. The lowest BCUT2D eigenvalue weighted by molar-refractivity contribution is -0.384. The van der Waals surface area contributed by atoms with E-state index >= 15 is 0 Å². The third-order valence-electron chi connectivity index (χ3n) is 4.30. The van der Waals surface area contributed by atoms with Gasteiger partial charge in [0.1, 0.15) is 5.82 Å². The van der Waals surface area contributed by atoms with Gasteiger partial charge in [0.25, 0.3) is 5.69 Å². The summed E-state index contributed by atoms with van der Waals surface area (Å²) >= 11 is 1.17. The molecule has 8 nitrogen and oxygen atoms in total. The molecular weight excluding hydrogens is 385 g/mol. The SMILES string of the molecule is O=C(CSC1=Nc2ccccc2[C@@H]2CC=NN12)Nc1cc([N+](=O)[O-])ccc1F. The quantitative estimate of drug-likeness (QED) is 0.622. The first-order chi connectivity index (χ1) is 13.5. The van der Waals surface area contributed by atoms with Crippen LogP contribution in [-0.4, -0.2) is 33.0 Å². The number of para-hydroxylation sites is 1. The van der Waals surface area contributed by atoms with Crippen molar-refractivity contribution in [3.8, 4) is 0 Å². The second-order valence-electron chi connectivity index (χ2n) is 6.11. The number of fused-ring (bicyclic) bond motifs is 3. The summed E-state index contributed by atoms with van der Waals surface area (Å²) in [5.41, 5.74) is 1.38. The van der Waals surface area contributed by atoms with E-state index in [0.29, 0.717) is 5.17 Å². The van der Waals surface area contributed by atoms with Gasteiger partial charge in [-0.15, -0.1) is 0 Å². The molecule has 0 aromatic heterocycles. The van der Waals surface area contributed by atoms with Gasteiger partial charge in [0.15, 0.2) is 5.17 Å². The Morgan fingerprint density at radius 2 is 2.18 bits per heavy atom. The number of rotatable bonds is 4. The zero-order chi connectivity index (χ0) is 19.7. The standard InChI is InChI=1S/C18H14FN5O3S/c19-13-6-5-11(24(26)27)9-15(13)21-17(25)10-28-18-22-14-4-2-1-3-12(14)16-7-8-20-23(16)18/h1-6,8-9,16H,7,10H2,(H,21,25)/t16-/m0/s1. The van der Waals surface area contributed by atoms with Crippen molar-refractivity contribution < 1.29 is 14.1 Å². The fraction of sp³-hybridized carbons (Fsp3) is 0.167. The molecule has 2 aliphatic rings. The second kappa shape index (κ2) is 7.39. The van der Waals surface area contributed by atoms with E-state index in [0.717, 1.165) is 35.9 Å². The Bertz CT molecular complexity index is 1030. The van der Waals surface area contributed by atoms with Crippen LogP contribution in [0.5, 0.6) is 0 Å². The number of non-ortho nitro benzene ring substituents is 1. The number of anilines is 1. The molecule has 1 N–H and O–H groups in total. The topological polar surface area (TPSA) is 100 Å². The van der Waals surface area contributed by atoms with Crippen LogP contribution in [0.3, 0.4) is 0 Å². The zero-order valence-electron chi connectivity index (χ0n) is 14.4. The lowest BCUT2D eigenvalue weighted by atomic mass is 10.0. The minimum Gasteiger partial charge on any atom is -0.323 e. The summed E-state index contributed by atoms with van der Waals surface area (Å²) in [5, 5.41) is 19.9. The summed E-state index contributed by atoms with van der Waals surface area (Å²) in [7, 11) is 0. The van der Waals surface area contributed by atoms with E-state index in [2.05, 4.69) is 15.4 Å². The van der Waals surface area contributed by atoms with Gasteiger partial charge in [-0.2, -0.15) is 5.10 Å². The van der Waals surface area contributed by atoms with Crippen molar-refractivity contribution in [3.05, 3.63) is 64.0 Å². The smallest absolute Gasteiger partial charge is 0.271 e. The van der Waals surface area contributed by atoms with Crippen molar-refractivity contribution >= 4 is 46.1 Å². The lowest BCUT2D eigenvalue weighted by Crippen LogP contribution is -2.29. The van der Waals surface area contributed by atoms with Crippen molar-refractivity contribution in [2.75, 3.05) is 11.1 Å². The van der Waals surface area contributed by atoms with Crippen molar-refractivity contribution in [1.29, 1.82) is 0 Å². The maximum absolute atomic E-state index is 13.8.